The van der Waals surface area contributed by atoms with Crippen LogP contribution in [0.4, 0.5) is 10.1 Å². The highest BCUT2D eigenvalue weighted by molar-refractivity contribution is 5.98. The number of halogens is 1. The van der Waals surface area contributed by atoms with Gasteiger partial charge in [0.05, 0.1) is 12.8 Å². The molecule has 0 bridgehead atoms. The molecule has 0 aliphatic carbocycles. The zero-order valence-corrected chi connectivity index (χ0v) is 16.0. The fourth-order valence-electron chi connectivity index (χ4n) is 3.31. The third-order valence-corrected chi connectivity index (χ3v) is 4.99. The van der Waals surface area contributed by atoms with Crippen LogP contribution in [0.1, 0.15) is 33.6 Å². The number of primary amides is 1. The number of carbonyl (C=O) groups is 3. The summed E-state index contributed by atoms with van der Waals surface area (Å²) in [6.45, 7) is 0.847. The average molecular weight is 399 g/mol. The van der Waals surface area contributed by atoms with E-state index in [0.717, 1.165) is 0 Å². The summed E-state index contributed by atoms with van der Waals surface area (Å²) in [5, 5.41) is 2.79. The van der Waals surface area contributed by atoms with E-state index in [0.29, 0.717) is 42.9 Å². The fourth-order valence-corrected chi connectivity index (χ4v) is 3.31. The summed E-state index contributed by atoms with van der Waals surface area (Å²) in [6.07, 6.45) is 0.993. The van der Waals surface area contributed by atoms with Gasteiger partial charge in [0.2, 0.25) is 11.8 Å². The molecule has 2 aromatic rings. The molecule has 1 aliphatic heterocycles. The molecule has 1 fully saturated rings. The predicted molar refractivity (Wildman–Crippen MR) is 105 cm³/mol. The van der Waals surface area contributed by atoms with Crippen molar-refractivity contribution < 1.29 is 23.5 Å². The summed E-state index contributed by atoms with van der Waals surface area (Å²) < 4.78 is 18.3. The van der Waals surface area contributed by atoms with Crippen LogP contribution >= 0.6 is 0 Å². The van der Waals surface area contributed by atoms with Gasteiger partial charge in [-0.25, -0.2) is 4.39 Å². The van der Waals surface area contributed by atoms with Crippen molar-refractivity contribution >= 4 is 23.4 Å². The predicted octanol–water partition coefficient (Wildman–Crippen LogP) is 2.42. The molecule has 3 amide bonds. The first kappa shape index (κ1) is 20.3. The average Bonchev–Trinajstić information content (AvgIpc) is 2.73. The van der Waals surface area contributed by atoms with Crippen molar-refractivity contribution in [2.24, 2.45) is 11.7 Å². The molecule has 0 spiro atoms. The minimum Gasteiger partial charge on any atom is -0.495 e. The molecule has 3 rings (SSSR count). The molecule has 2 aromatic carbocycles. The van der Waals surface area contributed by atoms with E-state index in [4.69, 9.17) is 10.5 Å². The summed E-state index contributed by atoms with van der Waals surface area (Å²) in [5.74, 6) is -1.25. The Hall–Kier alpha value is -3.42. The van der Waals surface area contributed by atoms with E-state index in [1.165, 1.54) is 43.5 Å². The number of rotatable bonds is 5. The molecular weight excluding hydrogens is 377 g/mol. The zero-order chi connectivity index (χ0) is 21.0. The normalized spacial score (nSPS) is 14.3. The fraction of sp³-hybridized carbons (Fsp3) is 0.286. The molecule has 152 valence electrons. The monoisotopic (exact) mass is 399 g/mol. The van der Waals surface area contributed by atoms with E-state index in [9.17, 15) is 18.8 Å². The standard InChI is InChI=1S/C21H22FN3O4/c1-29-18-7-4-15(19(23)26)12-17(18)24-20(27)13-8-10-25(11-9-13)21(28)14-2-5-16(22)6-3-14/h2-7,12-13H,8-11H2,1H3,(H2,23,26)(H,24,27). The maximum absolute atomic E-state index is 13.0. The number of piperidine rings is 1. The summed E-state index contributed by atoms with van der Waals surface area (Å²) in [5.41, 5.74) is 6.35. The van der Waals surface area contributed by atoms with E-state index >= 15 is 0 Å². The van der Waals surface area contributed by atoms with E-state index in [2.05, 4.69) is 5.32 Å². The molecule has 0 atom stereocenters. The molecule has 1 saturated heterocycles. The molecule has 0 aromatic heterocycles. The third kappa shape index (κ3) is 4.71. The molecule has 3 N–H and O–H groups in total. The van der Waals surface area contributed by atoms with Gasteiger partial charge in [0, 0.05) is 30.1 Å². The van der Waals surface area contributed by atoms with Gasteiger partial charge in [-0.2, -0.15) is 0 Å². The summed E-state index contributed by atoms with van der Waals surface area (Å²) in [6, 6.07) is 9.98. The number of carbonyl (C=O) groups excluding carboxylic acids is 3. The van der Waals surface area contributed by atoms with Crippen LogP contribution in [0, 0.1) is 11.7 Å². The van der Waals surface area contributed by atoms with Crippen molar-refractivity contribution in [3.63, 3.8) is 0 Å². The van der Waals surface area contributed by atoms with Crippen LogP contribution in [0.25, 0.3) is 0 Å². The Morgan fingerprint density at radius 1 is 1.07 bits per heavy atom. The second kappa shape index (κ2) is 8.72. The quantitative estimate of drug-likeness (QED) is 0.806. The molecule has 0 radical (unpaired) electrons. The summed E-state index contributed by atoms with van der Waals surface area (Å²) in [4.78, 5) is 38.2. The Bertz CT molecular complexity index is 922. The van der Waals surface area contributed by atoms with Gasteiger partial charge in [-0.15, -0.1) is 0 Å². The van der Waals surface area contributed by atoms with Gasteiger partial charge in [-0.05, 0) is 55.3 Å². The van der Waals surface area contributed by atoms with Crippen LogP contribution in [0.15, 0.2) is 42.5 Å². The highest BCUT2D eigenvalue weighted by Gasteiger charge is 2.28. The van der Waals surface area contributed by atoms with E-state index in [1.54, 1.807) is 11.0 Å². The van der Waals surface area contributed by atoms with Gasteiger partial charge in [-0.3, -0.25) is 14.4 Å². The molecule has 1 heterocycles. The van der Waals surface area contributed by atoms with Gasteiger partial charge in [0.15, 0.2) is 0 Å². The first-order chi connectivity index (χ1) is 13.9. The third-order valence-electron chi connectivity index (χ3n) is 4.99. The molecular formula is C21H22FN3O4. The number of hydrogen-bond donors (Lipinski definition) is 2. The first-order valence-corrected chi connectivity index (χ1v) is 9.22. The lowest BCUT2D eigenvalue weighted by molar-refractivity contribution is -0.121. The van der Waals surface area contributed by atoms with E-state index < -0.39 is 11.7 Å². The molecule has 7 nitrogen and oxygen atoms in total. The van der Waals surface area contributed by atoms with Crippen molar-refractivity contribution in [3.8, 4) is 5.75 Å². The Morgan fingerprint density at radius 3 is 2.28 bits per heavy atom. The summed E-state index contributed by atoms with van der Waals surface area (Å²) in [7, 11) is 1.47. The number of nitrogens with one attached hydrogen (secondary N) is 1. The SMILES string of the molecule is COc1ccc(C(N)=O)cc1NC(=O)C1CCN(C(=O)c2ccc(F)cc2)CC1. The lowest BCUT2D eigenvalue weighted by atomic mass is 9.95. The van der Waals surface area contributed by atoms with Crippen molar-refractivity contribution in [3.05, 3.63) is 59.4 Å². The Balaban J connectivity index is 1.62. The smallest absolute Gasteiger partial charge is 0.253 e. The van der Waals surface area contributed by atoms with Crippen LogP contribution in [0.5, 0.6) is 5.75 Å². The molecule has 0 unspecified atom stereocenters. The van der Waals surface area contributed by atoms with Gasteiger partial charge in [0.25, 0.3) is 5.91 Å². The zero-order valence-electron chi connectivity index (χ0n) is 16.0. The van der Waals surface area contributed by atoms with Crippen molar-refractivity contribution in [2.45, 2.75) is 12.8 Å². The summed E-state index contributed by atoms with van der Waals surface area (Å²) >= 11 is 0. The second-order valence-corrected chi connectivity index (χ2v) is 6.84. The van der Waals surface area contributed by atoms with Crippen LogP contribution in [0.2, 0.25) is 0 Å². The number of methoxy groups -OCH3 is 1. The van der Waals surface area contributed by atoms with Crippen LogP contribution in [-0.2, 0) is 4.79 Å². The maximum Gasteiger partial charge on any atom is 0.253 e. The highest BCUT2D eigenvalue weighted by atomic mass is 19.1. The lowest BCUT2D eigenvalue weighted by Crippen LogP contribution is -2.41. The van der Waals surface area contributed by atoms with Crippen LogP contribution in [-0.4, -0.2) is 42.8 Å². The number of benzene rings is 2. The number of ether oxygens (including phenoxy) is 1. The number of nitrogens with zero attached hydrogens (tertiary/aromatic N) is 1. The largest absolute Gasteiger partial charge is 0.495 e. The maximum atomic E-state index is 13.0. The minimum absolute atomic E-state index is 0.181. The number of amides is 3. The van der Waals surface area contributed by atoms with Gasteiger partial charge in [-0.1, -0.05) is 0 Å². The molecule has 29 heavy (non-hydrogen) atoms. The van der Waals surface area contributed by atoms with Crippen LogP contribution in [0.3, 0.4) is 0 Å². The number of nitrogens with two attached hydrogens (primary N) is 1. The Kier molecular flexibility index (Phi) is 6.11. The number of hydrogen-bond acceptors (Lipinski definition) is 4. The number of likely N-dealkylation sites (tertiary alicyclic amines) is 1. The van der Waals surface area contributed by atoms with E-state index in [1.807, 2.05) is 0 Å². The van der Waals surface area contributed by atoms with E-state index in [-0.39, 0.29) is 23.3 Å². The second-order valence-electron chi connectivity index (χ2n) is 6.84. The Labute approximate surface area is 167 Å². The van der Waals surface area contributed by atoms with Gasteiger partial charge >= 0.3 is 0 Å². The molecule has 0 saturated carbocycles. The van der Waals surface area contributed by atoms with Crippen molar-refractivity contribution in [1.82, 2.24) is 4.90 Å². The van der Waals surface area contributed by atoms with Gasteiger partial charge in [0.1, 0.15) is 11.6 Å². The van der Waals surface area contributed by atoms with Crippen molar-refractivity contribution in [2.75, 3.05) is 25.5 Å². The molecule has 1 aliphatic rings. The Morgan fingerprint density at radius 2 is 1.69 bits per heavy atom. The highest BCUT2D eigenvalue weighted by Crippen LogP contribution is 2.27. The first-order valence-electron chi connectivity index (χ1n) is 9.22. The van der Waals surface area contributed by atoms with Crippen LogP contribution < -0.4 is 15.8 Å². The topological polar surface area (TPSA) is 102 Å². The minimum atomic E-state index is -0.601. The lowest BCUT2D eigenvalue weighted by Gasteiger charge is -2.31. The molecule has 8 heteroatoms. The number of anilines is 1. The van der Waals surface area contributed by atoms with Crippen molar-refractivity contribution in [1.29, 1.82) is 0 Å². The van der Waals surface area contributed by atoms with Gasteiger partial charge < -0.3 is 20.7 Å².